The average Bonchev–Trinajstić information content (AvgIpc) is 3.51. The summed E-state index contributed by atoms with van der Waals surface area (Å²) in [6.45, 7) is -0.340. The van der Waals surface area contributed by atoms with Crippen molar-refractivity contribution in [1.29, 1.82) is 0 Å². The van der Waals surface area contributed by atoms with Gasteiger partial charge in [-0.15, -0.1) is 11.3 Å². The number of nitrogens with zero attached hydrogens (tertiary/aromatic N) is 1. The first kappa shape index (κ1) is 19.7. The van der Waals surface area contributed by atoms with Crippen molar-refractivity contribution in [3.63, 3.8) is 0 Å². The van der Waals surface area contributed by atoms with Gasteiger partial charge < -0.3 is 14.6 Å². The summed E-state index contributed by atoms with van der Waals surface area (Å²) >= 11 is 1.56. The number of amides is 1. The van der Waals surface area contributed by atoms with Crippen molar-refractivity contribution in [3.8, 4) is 5.69 Å². The quantitative estimate of drug-likeness (QED) is 0.448. The number of rotatable bonds is 7. The third-order valence-corrected chi connectivity index (χ3v) is 5.54. The molecule has 1 atom stereocenters. The molecule has 150 valence electrons. The Balaban J connectivity index is 1.37. The Morgan fingerprint density at radius 1 is 0.900 bits per heavy atom. The Morgan fingerprint density at radius 2 is 1.63 bits per heavy atom. The van der Waals surface area contributed by atoms with E-state index in [9.17, 15) is 9.59 Å². The van der Waals surface area contributed by atoms with E-state index in [0.29, 0.717) is 5.56 Å². The highest BCUT2D eigenvalue weighted by Crippen LogP contribution is 2.25. The van der Waals surface area contributed by atoms with Gasteiger partial charge in [0.05, 0.1) is 11.6 Å². The molecule has 2 aromatic heterocycles. The molecule has 4 aromatic rings. The van der Waals surface area contributed by atoms with E-state index in [1.54, 1.807) is 23.5 Å². The molecule has 30 heavy (non-hydrogen) atoms. The van der Waals surface area contributed by atoms with E-state index in [-0.39, 0.29) is 18.6 Å². The highest BCUT2D eigenvalue weighted by Gasteiger charge is 2.19. The van der Waals surface area contributed by atoms with Gasteiger partial charge >= 0.3 is 5.97 Å². The van der Waals surface area contributed by atoms with Crippen LogP contribution in [0.3, 0.4) is 0 Å². The van der Waals surface area contributed by atoms with E-state index in [1.165, 1.54) is 0 Å². The van der Waals surface area contributed by atoms with Crippen molar-refractivity contribution in [2.75, 3.05) is 6.61 Å². The van der Waals surface area contributed by atoms with E-state index in [1.807, 2.05) is 89.1 Å². The van der Waals surface area contributed by atoms with Crippen LogP contribution in [0.15, 0.2) is 96.6 Å². The molecule has 6 heteroatoms. The summed E-state index contributed by atoms with van der Waals surface area (Å²) in [6, 6.07) is 24.3. The molecule has 0 radical (unpaired) electrons. The third-order valence-electron chi connectivity index (χ3n) is 4.61. The fraction of sp³-hybridized carbons (Fsp3) is 0.0833. The van der Waals surface area contributed by atoms with E-state index < -0.39 is 5.97 Å². The van der Waals surface area contributed by atoms with E-state index >= 15 is 0 Å². The number of aromatic nitrogens is 1. The molecule has 0 aliphatic heterocycles. The smallest absolute Gasteiger partial charge is 0.338 e. The minimum Gasteiger partial charge on any atom is -0.452 e. The number of ether oxygens (including phenoxy) is 1. The molecule has 1 N–H and O–H groups in total. The molecule has 0 saturated heterocycles. The number of hydrogen-bond donors (Lipinski definition) is 1. The number of thiophene rings is 1. The molecule has 0 spiro atoms. The molecule has 0 aliphatic carbocycles. The van der Waals surface area contributed by atoms with Crippen molar-refractivity contribution >= 4 is 23.2 Å². The SMILES string of the molecule is O=C(COC(=O)c1ccc(-n2cccc2)cc1)N[C@H](c1ccccc1)c1cccs1. The fourth-order valence-electron chi connectivity index (χ4n) is 3.11. The molecule has 0 fully saturated rings. The van der Waals surface area contributed by atoms with Crippen LogP contribution in [0, 0.1) is 0 Å². The van der Waals surface area contributed by atoms with Crippen LogP contribution in [-0.4, -0.2) is 23.1 Å². The monoisotopic (exact) mass is 416 g/mol. The third kappa shape index (κ3) is 4.67. The Kier molecular flexibility index (Phi) is 6.06. The molecule has 0 saturated carbocycles. The second-order valence-electron chi connectivity index (χ2n) is 6.64. The maximum atomic E-state index is 12.5. The molecule has 1 amide bonds. The summed E-state index contributed by atoms with van der Waals surface area (Å²) in [4.78, 5) is 25.8. The van der Waals surface area contributed by atoms with Crippen molar-refractivity contribution in [1.82, 2.24) is 9.88 Å². The normalized spacial score (nSPS) is 11.6. The Bertz CT molecular complexity index is 1090. The van der Waals surface area contributed by atoms with Gasteiger partial charge in [0.2, 0.25) is 0 Å². The van der Waals surface area contributed by atoms with E-state index in [0.717, 1.165) is 16.1 Å². The molecule has 2 aromatic carbocycles. The van der Waals surface area contributed by atoms with Crippen molar-refractivity contribution < 1.29 is 14.3 Å². The van der Waals surface area contributed by atoms with Crippen LogP contribution < -0.4 is 5.32 Å². The summed E-state index contributed by atoms with van der Waals surface area (Å²) in [6.07, 6.45) is 3.85. The first-order chi connectivity index (χ1) is 14.7. The van der Waals surface area contributed by atoms with Crippen LogP contribution in [0.5, 0.6) is 0 Å². The molecular weight excluding hydrogens is 396 g/mol. The highest BCUT2D eigenvalue weighted by atomic mass is 32.1. The summed E-state index contributed by atoms with van der Waals surface area (Å²) in [5.74, 6) is -0.883. The summed E-state index contributed by atoms with van der Waals surface area (Å²) < 4.78 is 7.16. The van der Waals surface area contributed by atoms with Crippen LogP contribution >= 0.6 is 11.3 Å². The predicted octanol–water partition coefficient (Wildman–Crippen LogP) is 4.60. The number of hydrogen-bond acceptors (Lipinski definition) is 4. The molecule has 0 aliphatic rings. The van der Waals surface area contributed by atoms with Crippen LogP contribution in [0.25, 0.3) is 5.69 Å². The van der Waals surface area contributed by atoms with Crippen LogP contribution in [-0.2, 0) is 9.53 Å². The van der Waals surface area contributed by atoms with Gasteiger partial charge in [-0.05, 0) is 53.4 Å². The van der Waals surface area contributed by atoms with Crippen LogP contribution in [0.1, 0.15) is 26.8 Å². The minimum absolute atomic E-state index is 0.279. The maximum absolute atomic E-state index is 12.5. The van der Waals surface area contributed by atoms with Crippen molar-refractivity contribution in [2.24, 2.45) is 0 Å². The molecule has 5 nitrogen and oxygen atoms in total. The first-order valence-corrected chi connectivity index (χ1v) is 10.4. The summed E-state index contributed by atoms with van der Waals surface area (Å²) in [5.41, 5.74) is 2.31. The lowest BCUT2D eigenvalue weighted by Crippen LogP contribution is -2.32. The largest absolute Gasteiger partial charge is 0.452 e. The lowest BCUT2D eigenvalue weighted by molar-refractivity contribution is -0.124. The maximum Gasteiger partial charge on any atom is 0.338 e. The second kappa shape index (κ2) is 9.24. The number of carbonyl (C=O) groups excluding carboxylic acids is 2. The number of benzene rings is 2. The standard InChI is InChI=1S/C24H20N2O3S/c27-22(25-23(21-9-6-16-30-21)18-7-2-1-3-8-18)17-29-24(28)19-10-12-20(13-11-19)26-14-4-5-15-26/h1-16,23H,17H2,(H,25,27)/t23-/m1/s1. The van der Waals surface area contributed by atoms with Crippen LogP contribution in [0.4, 0.5) is 0 Å². The average molecular weight is 417 g/mol. The molecule has 0 unspecified atom stereocenters. The second-order valence-corrected chi connectivity index (χ2v) is 7.62. The van der Waals surface area contributed by atoms with Gasteiger partial charge in [0.1, 0.15) is 0 Å². The number of carbonyl (C=O) groups is 2. The Hall–Kier alpha value is -3.64. The fourth-order valence-corrected chi connectivity index (χ4v) is 3.92. The molecular formula is C24H20N2O3S. The van der Waals surface area contributed by atoms with Crippen molar-refractivity contribution in [3.05, 3.63) is 113 Å². The van der Waals surface area contributed by atoms with Gasteiger partial charge in [0.25, 0.3) is 5.91 Å². The lowest BCUT2D eigenvalue weighted by atomic mass is 10.1. The zero-order chi connectivity index (χ0) is 20.8. The van der Waals surface area contributed by atoms with Crippen molar-refractivity contribution in [2.45, 2.75) is 6.04 Å². The minimum atomic E-state index is -0.531. The predicted molar refractivity (Wildman–Crippen MR) is 117 cm³/mol. The van der Waals surface area contributed by atoms with Gasteiger partial charge in [-0.25, -0.2) is 4.79 Å². The lowest BCUT2D eigenvalue weighted by Gasteiger charge is -2.18. The zero-order valence-electron chi connectivity index (χ0n) is 16.1. The summed E-state index contributed by atoms with van der Waals surface area (Å²) in [5, 5.41) is 4.93. The van der Waals surface area contributed by atoms with Crippen LogP contribution in [0.2, 0.25) is 0 Å². The summed E-state index contributed by atoms with van der Waals surface area (Å²) in [7, 11) is 0. The Morgan fingerprint density at radius 3 is 2.30 bits per heavy atom. The number of esters is 1. The highest BCUT2D eigenvalue weighted by molar-refractivity contribution is 7.10. The molecule has 0 bridgehead atoms. The van der Waals surface area contributed by atoms with Gasteiger partial charge in [0, 0.05) is 23.0 Å². The topological polar surface area (TPSA) is 60.3 Å². The van der Waals surface area contributed by atoms with Gasteiger partial charge in [-0.3, -0.25) is 4.79 Å². The van der Waals surface area contributed by atoms with Gasteiger partial charge in [-0.2, -0.15) is 0 Å². The number of nitrogens with one attached hydrogen (secondary N) is 1. The van der Waals surface area contributed by atoms with E-state index in [2.05, 4.69) is 5.32 Å². The zero-order valence-corrected chi connectivity index (χ0v) is 16.9. The van der Waals surface area contributed by atoms with Gasteiger partial charge in [0.15, 0.2) is 6.61 Å². The van der Waals surface area contributed by atoms with Gasteiger partial charge in [-0.1, -0.05) is 36.4 Å². The Labute approximate surface area is 178 Å². The molecule has 4 rings (SSSR count). The molecule has 2 heterocycles. The van der Waals surface area contributed by atoms with E-state index in [4.69, 9.17) is 4.74 Å². The first-order valence-electron chi connectivity index (χ1n) is 9.49.